The van der Waals surface area contributed by atoms with Gasteiger partial charge in [0.15, 0.2) is 0 Å². The molecule has 0 unspecified atom stereocenters. The van der Waals surface area contributed by atoms with Gasteiger partial charge < -0.3 is 0 Å². The molecule has 2 heteroatoms. The molecule has 1 aliphatic carbocycles. The van der Waals surface area contributed by atoms with Gasteiger partial charge in [-0.25, -0.2) is 9.97 Å². The number of rotatable bonds is 1. The minimum Gasteiger partial charge on any atom is -0.238 e. The number of hydrogen-bond donors (Lipinski definition) is 0. The number of aromatic nitrogens is 2. The molecule has 1 heterocycles. The second-order valence-corrected chi connectivity index (χ2v) is 4.10. The Bertz CT molecular complexity index is 329. The molecule has 0 bridgehead atoms. The molecule has 0 fully saturated rings. The summed E-state index contributed by atoms with van der Waals surface area (Å²) in [6.45, 7) is 6.41. The van der Waals surface area contributed by atoms with E-state index >= 15 is 0 Å². The van der Waals surface area contributed by atoms with Gasteiger partial charge in [-0.05, 0) is 31.7 Å². The van der Waals surface area contributed by atoms with E-state index in [2.05, 4.69) is 30.7 Å². The topological polar surface area (TPSA) is 25.8 Å². The van der Waals surface area contributed by atoms with Crippen molar-refractivity contribution in [2.75, 3.05) is 0 Å². The quantitative estimate of drug-likeness (QED) is 0.656. The van der Waals surface area contributed by atoms with Crippen LogP contribution in [-0.4, -0.2) is 9.97 Å². The first-order chi connectivity index (χ1) is 6.18. The molecule has 2 nitrogen and oxygen atoms in total. The summed E-state index contributed by atoms with van der Waals surface area (Å²) in [6, 6.07) is 0. The Balaban J connectivity index is 2.49. The number of nitrogens with zero attached hydrogens (tertiary/aromatic N) is 2. The average molecular weight is 176 g/mol. The molecular formula is C11H16N2. The van der Waals surface area contributed by atoms with Crippen LogP contribution in [0, 0.1) is 6.92 Å². The summed E-state index contributed by atoms with van der Waals surface area (Å²) in [5, 5.41) is 0. The van der Waals surface area contributed by atoms with E-state index in [1.165, 1.54) is 29.8 Å². The predicted octanol–water partition coefficient (Wildman–Crippen LogP) is 2.40. The predicted molar refractivity (Wildman–Crippen MR) is 52.9 cm³/mol. The first-order valence-electron chi connectivity index (χ1n) is 5.04. The fourth-order valence-electron chi connectivity index (χ4n) is 1.90. The van der Waals surface area contributed by atoms with Crippen molar-refractivity contribution in [2.45, 2.75) is 46.0 Å². The zero-order valence-corrected chi connectivity index (χ0v) is 8.59. The van der Waals surface area contributed by atoms with E-state index in [0.29, 0.717) is 5.92 Å². The van der Waals surface area contributed by atoms with Crippen molar-refractivity contribution in [3.8, 4) is 0 Å². The van der Waals surface area contributed by atoms with Crippen LogP contribution >= 0.6 is 0 Å². The van der Waals surface area contributed by atoms with Crippen molar-refractivity contribution >= 4 is 0 Å². The molecule has 1 aromatic heterocycles. The minimum atomic E-state index is 0.449. The van der Waals surface area contributed by atoms with Crippen LogP contribution in [0.2, 0.25) is 0 Å². The average Bonchev–Trinajstić information content (AvgIpc) is 2.51. The van der Waals surface area contributed by atoms with Crippen LogP contribution < -0.4 is 0 Å². The second-order valence-electron chi connectivity index (χ2n) is 4.10. The van der Waals surface area contributed by atoms with Gasteiger partial charge in [0.05, 0.1) is 0 Å². The van der Waals surface area contributed by atoms with Gasteiger partial charge in [0.1, 0.15) is 5.82 Å². The van der Waals surface area contributed by atoms with Crippen LogP contribution in [0.4, 0.5) is 0 Å². The Morgan fingerprint density at radius 2 is 1.92 bits per heavy atom. The van der Waals surface area contributed by atoms with Crippen molar-refractivity contribution in [2.24, 2.45) is 0 Å². The monoisotopic (exact) mass is 176 g/mol. The van der Waals surface area contributed by atoms with Gasteiger partial charge in [0, 0.05) is 17.3 Å². The van der Waals surface area contributed by atoms with Crippen molar-refractivity contribution in [1.82, 2.24) is 9.97 Å². The summed E-state index contributed by atoms with van der Waals surface area (Å²) in [5.41, 5.74) is 3.91. The van der Waals surface area contributed by atoms with Gasteiger partial charge in [0.25, 0.3) is 0 Å². The van der Waals surface area contributed by atoms with Gasteiger partial charge in [0.2, 0.25) is 0 Å². The van der Waals surface area contributed by atoms with Crippen molar-refractivity contribution in [3.63, 3.8) is 0 Å². The Morgan fingerprint density at radius 1 is 1.15 bits per heavy atom. The highest BCUT2D eigenvalue weighted by Crippen LogP contribution is 2.23. The van der Waals surface area contributed by atoms with Crippen molar-refractivity contribution in [3.05, 3.63) is 22.8 Å². The van der Waals surface area contributed by atoms with Crippen LogP contribution in [0.15, 0.2) is 0 Å². The second kappa shape index (κ2) is 3.09. The lowest BCUT2D eigenvalue weighted by molar-refractivity contribution is 0.752. The van der Waals surface area contributed by atoms with E-state index in [9.17, 15) is 0 Å². The molecule has 1 aliphatic rings. The first kappa shape index (κ1) is 8.67. The number of aryl methyl sites for hydroxylation is 2. The molecule has 13 heavy (non-hydrogen) atoms. The molecule has 2 rings (SSSR count). The van der Waals surface area contributed by atoms with E-state index in [4.69, 9.17) is 0 Å². The highest BCUT2D eigenvalue weighted by atomic mass is 14.9. The van der Waals surface area contributed by atoms with E-state index in [0.717, 1.165) is 12.2 Å². The maximum absolute atomic E-state index is 4.60. The smallest absolute Gasteiger partial charge is 0.131 e. The molecule has 0 atom stereocenters. The summed E-state index contributed by atoms with van der Waals surface area (Å²) in [6.07, 6.45) is 3.59. The van der Waals surface area contributed by atoms with Crippen LogP contribution in [0.5, 0.6) is 0 Å². The van der Waals surface area contributed by atoms with E-state index < -0.39 is 0 Å². The van der Waals surface area contributed by atoms with Crippen LogP contribution in [0.3, 0.4) is 0 Å². The minimum absolute atomic E-state index is 0.449. The fourth-order valence-corrected chi connectivity index (χ4v) is 1.90. The lowest BCUT2D eigenvalue weighted by Gasteiger charge is -2.08. The molecule has 0 N–H and O–H groups in total. The SMILES string of the molecule is Cc1nc(C(C)C)nc2c1CCC2. The van der Waals surface area contributed by atoms with Crippen molar-refractivity contribution in [1.29, 1.82) is 0 Å². The summed E-state index contributed by atoms with van der Waals surface area (Å²) >= 11 is 0. The number of fused-ring (bicyclic) bond motifs is 1. The lowest BCUT2D eigenvalue weighted by atomic mass is 10.1. The maximum Gasteiger partial charge on any atom is 0.131 e. The Labute approximate surface area is 79.4 Å². The lowest BCUT2D eigenvalue weighted by Crippen LogP contribution is -2.04. The number of hydrogen-bond acceptors (Lipinski definition) is 2. The van der Waals surface area contributed by atoms with Gasteiger partial charge in [-0.3, -0.25) is 0 Å². The fraction of sp³-hybridized carbons (Fsp3) is 0.636. The Hall–Kier alpha value is -0.920. The molecule has 0 spiro atoms. The highest BCUT2D eigenvalue weighted by molar-refractivity contribution is 5.29. The maximum atomic E-state index is 4.60. The van der Waals surface area contributed by atoms with Crippen molar-refractivity contribution < 1.29 is 0 Å². The Morgan fingerprint density at radius 3 is 2.62 bits per heavy atom. The van der Waals surface area contributed by atoms with E-state index in [1.807, 2.05) is 0 Å². The molecular weight excluding hydrogens is 160 g/mol. The van der Waals surface area contributed by atoms with Crippen LogP contribution in [0.25, 0.3) is 0 Å². The van der Waals surface area contributed by atoms with Gasteiger partial charge in [-0.2, -0.15) is 0 Å². The standard InChI is InChI=1S/C11H16N2/c1-7(2)11-12-8(3)9-5-4-6-10(9)13-11/h7H,4-6H2,1-3H3. The third kappa shape index (κ3) is 1.45. The molecule has 0 saturated carbocycles. The molecule has 0 radical (unpaired) electrons. The Kier molecular flexibility index (Phi) is 2.06. The summed E-state index contributed by atoms with van der Waals surface area (Å²) in [5.74, 6) is 1.46. The van der Waals surface area contributed by atoms with Crippen LogP contribution in [0.1, 0.15) is 49.0 Å². The zero-order chi connectivity index (χ0) is 9.42. The van der Waals surface area contributed by atoms with Gasteiger partial charge in [-0.15, -0.1) is 0 Å². The summed E-state index contributed by atoms with van der Waals surface area (Å²) < 4.78 is 0. The van der Waals surface area contributed by atoms with E-state index in [1.54, 1.807) is 0 Å². The molecule has 0 aromatic carbocycles. The van der Waals surface area contributed by atoms with Gasteiger partial charge in [-0.1, -0.05) is 13.8 Å². The summed E-state index contributed by atoms with van der Waals surface area (Å²) in [7, 11) is 0. The molecule has 1 aromatic rings. The highest BCUT2D eigenvalue weighted by Gasteiger charge is 2.17. The third-order valence-corrected chi connectivity index (χ3v) is 2.67. The van der Waals surface area contributed by atoms with E-state index in [-0.39, 0.29) is 0 Å². The molecule has 0 aliphatic heterocycles. The first-order valence-corrected chi connectivity index (χ1v) is 5.04. The normalized spacial score (nSPS) is 15.1. The third-order valence-electron chi connectivity index (χ3n) is 2.67. The largest absolute Gasteiger partial charge is 0.238 e. The molecule has 0 saturated heterocycles. The van der Waals surface area contributed by atoms with Gasteiger partial charge >= 0.3 is 0 Å². The van der Waals surface area contributed by atoms with Crippen LogP contribution in [-0.2, 0) is 12.8 Å². The summed E-state index contributed by atoms with van der Waals surface area (Å²) in [4.78, 5) is 9.14. The zero-order valence-electron chi connectivity index (χ0n) is 8.59. The molecule has 70 valence electrons. The molecule has 0 amide bonds.